The van der Waals surface area contributed by atoms with Crippen molar-refractivity contribution in [2.75, 3.05) is 13.2 Å². The molecule has 3 N–H and O–H groups in total. The third kappa shape index (κ3) is 8.13. The van der Waals surface area contributed by atoms with Crippen molar-refractivity contribution in [2.24, 2.45) is 5.92 Å². The summed E-state index contributed by atoms with van der Waals surface area (Å²) in [5, 5.41) is 7.11. The molecule has 9 heteroatoms. The highest BCUT2D eigenvalue weighted by atomic mass is 19.1. The molecule has 0 unspecified atom stereocenters. The SMILES string of the molecule is CC(C)[C@@H](NC(=O)c1ccccc1F)C(=O)OCC(=O)NC(=O)NCCC1=CCCCC1. The molecule has 32 heavy (non-hydrogen) atoms. The van der Waals surface area contributed by atoms with E-state index in [0.717, 1.165) is 31.7 Å². The molecule has 4 amide bonds. The molecule has 0 saturated carbocycles. The summed E-state index contributed by atoms with van der Waals surface area (Å²) >= 11 is 0. The number of carbonyl (C=O) groups excluding carboxylic acids is 4. The summed E-state index contributed by atoms with van der Waals surface area (Å²) in [5.41, 5.74) is 1.10. The fraction of sp³-hybridized carbons (Fsp3) is 0.478. The Bertz CT molecular complexity index is 869. The van der Waals surface area contributed by atoms with Gasteiger partial charge in [0.1, 0.15) is 11.9 Å². The van der Waals surface area contributed by atoms with Crippen LogP contribution in [0, 0.1) is 11.7 Å². The highest BCUT2D eigenvalue weighted by molar-refractivity contribution is 5.98. The van der Waals surface area contributed by atoms with Crippen LogP contribution in [0.15, 0.2) is 35.9 Å². The largest absolute Gasteiger partial charge is 0.454 e. The van der Waals surface area contributed by atoms with Gasteiger partial charge in [-0.1, -0.05) is 37.6 Å². The zero-order valence-corrected chi connectivity index (χ0v) is 18.4. The van der Waals surface area contributed by atoms with E-state index in [1.54, 1.807) is 13.8 Å². The van der Waals surface area contributed by atoms with Gasteiger partial charge in [0.05, 0.1) is 5.56 Å². The first-order chi connectivity index (χ1) is 15.3. The number of benzene rings is 1. The lowest BCUT2D eigenvalue weighted by molar-refractivity contribution is -0.151. The topological polar surface area (TPSA) is 114 Å². The van der Waals surface area contributed by atoms with Crippen molar-refractivity contribution in [2.45, 2.75) is 52.0 Å². The summed E-state index contributed by atoms with van der Waals surface area (Å²) in [6, 6.07) is 3.62. The van der Waals surface area contributed by atoms with Crippen LogP contribution in [0.5, 0.6) is 0 Å². The first-order valence-corrected chi connectivity index (χ1v) is 10.8. The van der Waals surface area contributed by atoms with E-state index in [2.05, 4.69) is 22.0 Å². The number of halogens is 1. The van der Waals surface area contributed by atoms with Gasteiger partial charge in [-0.2, -0.15) is 0 Å². The monoisotopic (exact) mass is 447 g/mol. The number of ether oxygens (including phenoxy) is 1. The number of carbonyl (C=O) groups is 4. The van der Waals surface area contributed by atoms with Gasteiger partial charge in [-0.25, -0.2) is 14.0 Å². The predicted molar refractivity (Wildman–Crippen MR) is 116 cm³/mol. The molecule has 1 atom stereocenters. The van der Waals surface area contributed by atoms with Crippen molar-refractivity contribution in [1.82, 2.24) is 16.0 Å². The average Bonchev–Trinajstić information content (AvgIpc) is 2.76. The van der Waals surface area contributed by atoms with Crippen LogP contribution in [0.4, 0.5) is 9.18 Å². The molecule has 0 spiro atoms. The van der Waals surface area contributed by atoms with Gasteiger partial charge < -0.3 is 15.4 Å². The van der Waals surface area contributed by atoms with E-state index in [0.29, 0.717) is 6.54 Å². The maximum Gasteiger partial charge on any atom is 0.329 e. The number of imide groups is 1. The van der Waals surface area contributed by atoms with Crippen LogP contribution in [0.2, 0.25) is 0 Å². The van der Waals surface area contributed by atoms with Crippen molar-refractivity contribution >= 4 is 23.8 Å². The van der Waals surface area contributed by atoms with Gasteiger partial charge in [-0.3, -0.25) is 14.9 Å². The Balaban J connectivity index is 1.76. The zero-order chi connectivity index (χ0) is 23.5. The first-order valence-electron chi connectivity index (χ1n) is 10.8. The summed E-state index contributed by atoms with van der Waals surface area (Å²) in [6.07, 6.45) is 7.35. The van der Waals surface area contributed by atoms with Gasteiger partial charge in [0.15, 0.2) is 6.61 Å². The number of hydrogen-bond acceptors (Lipinski definition) is 5. The Morgan fingerprint density at radius 3 is 2.53 bits per heavy atom. The quantitative estimate of drug-likeness (QED) is 0.398. The Morgan fingerprint density at radius 2 is 1.88 bits per heavy atom. The second-order valence-electron chi connectivity index (χ2n) is 7.94. The molecule has 0 aliphatic heterocycles. The van der Waals surface area contributed by atoms with Crippen LogP contribution in [-0.4, -0.2) is 43.0 Å². The summed E-state index contributed by atoms with van der Waals surface area (Å²) in [5.74, 6) is -3.51. The van der Waals surface area contributed by atoms with E-state index in [9.17, 15) is 23.6 Å². The second-order valence-corrected chi connectivity index (χ2v) is 7.94. The Hall–Kier alpha value is -3.23. The number of allylic oxidation sites excluding steroid dienone is 1. The number of esters is 1. The van der Waals surface area contributed by atoms with E-state index in [-0.39, 0.29) is 11.5 Å². The van der Waals surface area contributed by atoms with Gasteiger partial charge in [-0.15, -0.1) is 0 Å². The number of amides is 4. The fourth-order valence-corrected chi connectivity index (χ4v) is 3.26. The number of nitrogens with one attached hydrogen (secondary N) is 3. The lowest BCUT2D eigenvalue weighted by Gasteiger charge is -2.21. The lowest BCUT2D eigenvalue weighted by atomic mass is 9.97. The molecule has 0 bridgehead atoms. The third-order valence-electron chi connectivity index (χ3n) is 5.04. The molecule has 0 radical (unpaired) electrons. The van der Waals surface area contributed by atoms with E-state index in [4.69, 9.17) is 4.74 Å². The molecule has 0 saturated heterocycles. The molecule has 0 heterocycles. The smallest absolute Gasteiger partial charge is 0.329 e. The molecule has 1 aliphatic rings. The van der Waals surface area contributed by atoms with Crippen LogP contribution < -0.4 is 16.0 Å². The van der Waals surface area contributed by atoms with Crippen molar-refractivity contribution < 1.29 is 28.3 Å². The van der Waals surface area contributed by atoms with Gasteiger partial charge >= 0.3 is 12.0 Å². The highest BCUT2D eigenvalue weighted by Crippen LogP contribution is 2.19. The minimum absolute atomic E-state index is 0.204. The molecular formula is C23H30FN3O5. The summed E-state index contributed by atoms with van der Waals surface area (Å²) in [4.78, 5) is 48.4. The Kier molecular flexibility index (Phi) is 9.84. The molecule has 1 aliphatic carbocycles. The van der Waals surface area contributed by atoms with E-state index in [1.807, 2.05) is 0 Å². The molecule has 1 aromatic rings. The number of urea groups is 1. The van der Waals surface area contributed by atoms with Crippen molar-refractivity contribution in [3.8, 4) is 0 Å². The Morgan fingerprint density at radius 1 is 1.12 bits per heavy atom. The zero-order valence-electron chi connectivity index (χ0n) is 18.4. The van der Waals surface area contributed by atoms with Gasteiger partial charge in [0, 0.05) is 6.54 Å². The van der Waals surface area contributed by atoms with Gasteiger partial charge in [-0.05, 0) is 50.2 Å². The van der Waals surface area contributed by atoms with E-state index < -0.39 is 42.3 Å². The number of rotatable bonds is 9. The van der Waals surface area contributed by atoms with E-state index in [1.165, 1.54) is 30.2 Å². The lowest BCUT2D eigenvalue weighted by Crippen LogP contribution is -2.47. The highest BCUT2D eigenvalue weighted by Gasteiger charge is 2.27. The van der Waals surface area contributed by atoms with Crippen molar-refractivity contribution in [3.63, 3.8) is 0 Å². The van der Waals surface area contributed by atoms with Crippen LogP contribution >= 0.6 is 0 Å². The van der Waals surface area contributed by atoms with Crippen LogP contribution in [0.3, 0.4) is 0 Å². The van der Waals surface area contributed by atoms with Crippen LogP contribution in [-0.2, 0) is 14.3 Å². The summed E-state index contributed by atoms with van der Waals surface area (Å²) < 4.78 is 18.7. The molecular weight excluding hydrogens is 417 g/mol. The minimum Gasteiger partial charge on any atom is -0.454 e. The molecule has 8 nitrogen and oxygen atoms in total. The fourth-order valence-electron chi connectivity index (χ4n) is 3.26. The summed E-state index contributed by atoms with van der Waals surface area (Å²) in [7, 11) is 0. The normalized spacial score (nSPS) is 14.2. The van der Waals surface area contributed by atoms with Crippen molar-refractivity contribution in [3.05, 3.63) is 47.3 Å². The van der Waals surface area contributed by atoms with E-state index >= 15 is 0 Å². The van der Waals surface area contributed by atoms with Gasteiger partial charge in [0.25, 0.3) is 11.8 Å². The maximum absolute atomic E-state index is 13.8. The summed E-state index contributed by atoms with van der Waals surface area (Å²) in [6.45, 7) is 3.06. The predicted octanol–water partition coefficient (Wildman–Crippen LogP) is 2.84. The third-order valence-corrected chi connectivity index (χ3v) is 5.04. The number of hydrogen-bond donors (Lipinski definition) is 3. The molecule has 0 aromatic heterocycles. The average molecular weight is 448 g/mol. The standard InChI is InChI=1S/C23H30FN3O5/c1-15(2)20(27-21(29)17-10-6-7-11-18(17)24)22(30)32-14-19(28)26-23(31)25-13-12-16-8-4-3-5-9-16/h6-8,10-11,15,20H,3-5,9,12-14H2,1-2H3,(H,27,29)(H2,25,26,28,31)/t20-/m1/s1. The molecule has 2 rings (SSSR count). The van der Waals surface area contributed by atoms with Crippen LogP contribution in [0.25, 0.3) is 0 Å². The first kappa shape index (κ1) is 25.0. The minimum atomic E-state index is -1.09. The molecule has 0 fully saturated rings. The second kappa shape index (κ2) is 12.6. The van der Waals surface area contributed by atoms with Crippen LogP contribution in [0.1, 0.15) is 56.3 Å². The van der Waals surface area contributed by atoms with Crippen molar-refractivity contribution in [1.29, 1.82) is 0 Å². The Labute approximate surface area is 187 Å². The van der Waals surface area contributed by atoms with Gasteiger partial charge in [0.2, 0.25) is 0 Å². The molecule has 1 aromatic carbocycles. The molecule has 174 valence electrons. The maximum atomic E-state index is 13.8.